The molecule has 0 fully saturated rings. The van der Waals surface area contributed by atoms with Crippen molar-refractivity contribution < 1.29 is 0 Å². The fraction of sp³-hybridized carbons (Fsp3) is 0. The van der Waals surface area contributed by atoms with Crippen LogP contribution in [0.3, 0.4) is 0 Å². The molecule has 0 radical (unpaired) electrons. The number of benzene rings is 17. The first-order chi connectivity index (χ1) is 53.0. The largest absolute Gasteiger partial charge is 0.244 e. The van der Waals surface area contributed by atoms with Crippen LogP contribution in [0.4, 0.5) is 0 Å². The Morgan fingerprint density at radius 1 is 0.150 bits per heavy atom. The average Bonchev–Trinajstić information content (AvgIpc) is 1.74. The topological polar surface area (TPSA) is 77.3 Å². The van der Waals surface area contributed by atoms with Gasteiger partial charge in [0, 0.05) is 105 Å². The second kappa shape index (κ2) is 25.8. The predicted octanol–water partition coefficient (Wildman–Crippen LogP) is 27.8. The van der Waals surface area contributed by atoms with Gasteiger partial charge in [0.1, 0.15) is 0 Å². The molecule has 0 unspecified atom stereocenters. The zero-order chi connectivity index (χ0) is 70.5. The van der Waals surface area contributed by atoms with Crippen molar-refractivity contribution in [1.29, 1.82) is 0 Å². The maximum absolute atomic E-state index is 5.30. The first-order valence-corrected chi connectivity index (χ1v) is 38.3. The van der Waals surface area contributed by atoms with Crippen molar-refractivity contribution in [3.63, 3.8) is 0 Å². The molecule has 6 nitrogen and oxygen atoms in total. The molecule has 107 heavy (non-hydrogen) atoms. The Balaban J connectivity index is 0.000000103. The van der Waals surface area contributed by atoms with Crippen molar-refractivity contribution in [1.82, 2.24) is 29.9 Å². The highest BCUT2D eigenvalue weighted by molar-refractivity contribution is 7.26. The summed E-state index contributed by atoms with van der Waals surface area (Å²) in [5.74, 6) is 0. The highest BCUT2D eigenvalue weighted by Gasteiger charge is 2.21. The second-order valence-corrected chi connectivity index (χ2v) is 30.4. The van der Waals surface area contributed by atoms with E-state index >= 15 is 0 Å². The molecule has 0 aliphatic carbocycles. The van der Waals surface area contributed by atoms with E-state index in [9.17, 15) is 0 Å². The first-order valence-electron chi connectivity index (χ1n) is 35.9. The van der Waals surface area contributed by atoms with Crippen molar-refractivity contribution in [2.24, 2.45) is 0 Å². The molecule has 6 heterocycles. The molecule has 0 saturated heterocycles. The summed E-state index contributed by atoms with van der Waals surface area (Å²) in [4.78, 5) is 31.0. The van der Waals surface area contributed by atoms with Gasteiger partial charge in [-0.05, 0) is 140 Å². The molecule has 17 aromatic carbocycles. The van der Waals surface area contributed by atoms with Crippen LogP contribution in [-0.4, -0.2) is 29.9 Å². The van der Waals surface area contributed by atoms with E-state index in [0.29, 0.717) is 0 Å². The fourth-order valence-corrected chi connectivity index (χ4v) is 18.8. The van der Waals surface area contributed by atoms with Gasteiger partial charge in [-0.15, -0.1) is 34.0 Å². The number of aromatic nitrogens is 6. The number of thiophene rings is 3. The first kappa shape index (κ1) is 62.3. The minimum absolute atomic E-state index is 0.907. The monoisotopic (exact) mass is 1410 g/mol. The molecule has 498 valence electrons. The van der Waals surface area contributed by atoms with E-state index in [-0.39, 0.29) is 0 Å². The zero-order valence-corrected chi connectivity index (χ0v) is 59.8. The van der Waals surface area contributed by atoms with Crippen molar-refractivity contribution in [2.45, 2.75) is 0 Å². The molecular formula is C98H58N6S3. The van der Waals surface area contributed by atoms with Gasteiger partial charge in [-0.1, -0.05) is 255 Å². The molecule has 0 N–H and O–H groups in total. The Kier molecular flexibility index (Phi) is 15.0. The normalized spacial score (nSPS) is 11.7. The summed E-state index contributed by atoms with van der Waals surface area (Å²) in [7, 11) is 0. The highest BCUT2D eigenvalue weighted by atomic mass is 32.1. The van der Waals surface area contributed by atoms with E-state index in [4.69, 9.17) is 29.9 Å². The number of nitrogens with zero attached hydrogens (tertiary/aromatic N) is 6. The second-order valence-electron chi connectivity index (χ2n) is 27.2. The molecule has 0 aliphatic rings. The average molecular weight is 1420 g/mol. The third-order valence-electron chi connectivity index (χ3n) is 20.7. The Hall–Kier alpha value is -13.3. The number of hydrogen-bond acceptors (Lipinski definition) is 9. The number of fused-ring (bicyclic) bond motifs is 19. The van der Waals surface area contributed by atoms with E-state index in [1.54, 1.807) is 0 Å². The zero-order valence-electron chi connectivity index (χ0n) is 57.4. The number of para-hydroxylation sites is 2. The van der Waals surface area contributed by atoms with Gasteiger partial charge >= 0.3 is 0 Å². The smallest absolute Gasteiger partial charge is 0.0973 e. The summed E-state index contributed by atoms with van der Waals surface area (Å²) in [5.41, 5.74) is 17.4. The van der Waals surface area contributed by atoms with E-state index in [1.807, 2.05) is 76.5 Å². The fourth-order valence-electron chi connectivity index (χ4n) is 15.4. The molecule has 0 atom stereocenters. The highest BCUT2D eigenvalue weighted by Crippen LogP contribution is 2.44. The van der Waals surface area contributed by atoms with Crippen LogP contribution in [-0.2, 0) is 0 Å². The lowest BCUT2D eigenvalue weighted by Gasteiger charge is -2.13. The number of rotatable bonds is 6. The van der Waals surface area contributed by atoms with Crippen LogP contribution in [0.2, 0.25) is 0 Å². The van der Waals surface area contributed by atoms with Crippen molar-refractivity contribution in [3.05, 3.63) is 352 Å². The van der Waals surface area contributed by atoms with Gasteiger partial charge in [-0.2, -0.15) is 0 Å². The number of hydrogen-bond donors (Lipinski definition) is 0. The Labute approximate surface area is 626 Å². The Morgan fingerprint density at radius 2 is 0.430 bits per heavy atom. The summed E-state index contributed by atoms with van der Waals surface area (Å²) < 4.78 is 7.95. The van der Waals surface area contributed by atoms with Gasteiger partial charge in [0.2, 0.25) is 0 Å². The maximum Gasteiger partial charge on any atom is 0.0973 e. The van der Waals surface area contributed by atoms with Gasteiger partial charge in [0.15, 0.2) is 0 Å². The standard InChI is InChI=1S/2C34H20N2S.C30H18N2S/c1-2-9-22(10-3-1)32-33(35-29-17-16-21-8-4-5-11-26(21)34(29)36-32)24-15-14-23-20-31-28(19-25(23)18-24)27-12-6-7-13-30(27)37-31;1-2-9-22(10-3-1)32-33(36-34-26-11-5-4-8-21(26)16-17-29(34)35-32)24-15-14-23-20-31-28(19-25(23)18-24)27-12-6-7-13-30(27)37-31;1-2-8-19(9-3-1)29-30(32-26-12-6-5-11-25(26)31-29)21-15-14-20-18-28-24(17-22(20)16-21)23-10-4-7-13-27(23)33-28/h2*1-20H;1-18H. The SMILES string of the molecule is c1ccc(-c2nc3c(ccc4ccccc43)nc2-c2ccc3cc4sc5ccccc5c4cc3c2)cc1.c1ccc(-c2nc3ccc4ccccc4c3nc2-c2ccc3cc4sc5ccccc5c4cc3c2)cc1.c1ccc(-c2nc3ccccc3nc2-c2ccc3cc4sc5ccccc5c4cc3c2)cc1. The molecule has 0 bridgehead atoms. The van der Waals surface area contributed by atoms with Crippen LogP contribution in [0, 0.1) is 0 Å². The van der Waals surface area contributed by atoms with E-state index < -0.39 is 0 Å². The molecule has 0 amide bonds. The van der Waals surface area contributed by atoms with E-state index in [2.05, 4.69) is 309 Å². The molecule has 23 aromatic rings. The Morgan fingerprint density at radius 3 is 0.804 bits per heavy atom. The van der Waals surface area contributed by atoms with Gasteiger partial charge < -0.3 is 0 Å². The lowest BCUT2D eigenvalue weighted by Crippen LogP contribution is -1.96. The molecule has 6 aromatic heterocycles. The van der Waals surface area contributed by atoms with Gasteiger partial charge in [0.25, 0.3) is 0 Å². The third kappa shape index (κ3) is 11.1. The quantitative estimate of drug-likeness (QED) is 0.154. The molecule has 0 aliphatic heterocycles. The van der Waals surface area contributed by atoms with Gasteiger partial charge in [-0.25, -0.2) is 29.9 Å². The van der Waals surface area contributed by atoms with Gasteiger partial charge in [-0.3, -0.25) is 0 Å². The molecule has 0 saturated carbocycles. The van der Waals surface area contributed by atoms with Gasteiger partial charge in [0.05, 0.1) is 67.3 Å². The predicted molar refractivity (Wildman–Crippen MR) is 457 cm³/mol. The summed E-state index contributed by atoms with van der Waals surface area (Å²) in [6.07, 6.45) is 0. The minimum atomic E-state index is 0.907. The van der Waals surface area contributed by atoms with Crippen LogP contribution >= 0.6 is 34.0 Å². The van der Waals surface area contributed by atoms with Crippen LogP contribution in [0.25, 0.3) is 215 Å². The lowest BCUT2D eigenvalue weighted by atomic mass is 9.99. The molecule has 9 heteroatoms. The lowest BCUT2D eigenvalue weighted by molar-refractivity contribution is 1.29. The Bertz CT molecular complexity index is 7520. The van der Waals surface area contributed by atoms with Crippen LogP contribution in [0.1, 0.15) is 0 Å². The van der Waals surface area contributed by atoms with Crippen molar-refractivity contribution >= 4 is 181 Å². The van der Waals surface area contributed by atoms with Crippen LogP contribution < -0.4 is 0 Å². The van der Waals surface area contributed by atoms with E-state index in [0.717, 1.165) is 111 Å². The molecule has 0 spiro atoms. The summed E-state index contributed by atoms with van der Waals surface area (Å²) >= 11 is 5.57. The summed E-state index contributed by atoms with van der Waals surface area (Å²) in [6.45, 7) is 0. The van der Waals surface area contributed by atoms with E-state index in [1.165, 1.54) is 104 Å². The molecular weight excluding hydrogens is 1360 g/mol. The maximum atomic E-state index is 5.30. The van der Waals surface area contributed by atoms with Crippen molar-refractivity contribution in [3.8, 4) is 67.5 Å². The van der Waals surface area contributed by atoms with Crippen LogP contribution in [0.15, 0.2) is 352 Å². The van der Waals surface area contributed by atoms with Crippen LogP contribution in [0.5, 0.6) is 0 Å². The molecule has 23 rings (SSSR count). The minimum Gasteiger partial charge on any atom is -0.244 e. The third-order valence-corrected chi connectivity index (χ3v) is 24.1. The van der Waals surface area contributed by atoms with Crippen molar-refractivity contribution in [2.75, 3.05) is 0 Å². The summed E-state index contributed by atoms with van der Waals surface area (Å²) in [5, 5.41) is 19.9. The summed E-state index contributed by atoms with van der Waals surface area (Å²) in [6, 6.07) is 124.